The van der Waals surface area contributed by atoms with Crippen LogP contribution >= 0.6 is 0 Å². The molecular formula is C18H19N3O2. The highest BCUT2D eigenvalue weighted by Gasteiger charge is 2.29. The predicted molar refractivity (Wildman–Crippen MR) is 90.4 cm³/mol. The maximum absolute atomic E-state index is 12.4. The molecule has 5 heteroatoms. The summed E-state index contributed by atoms with van der Waals surface area (Å²) in [7, 11) is 1.65. The molecule has 0 spiro atoms. The van der Waals surface area contributed by atoms with Crippen LogP contribution in [0.2, 0.25) is 0 Å². The third-order valence-electron chi connectivity index (χ3n) is 4.08. The number of fused-ring (bicyclic) bond motifs is 1. The van der Waals surface area contributed by atoms with Crippen molar-refractivity contribution in [3.63, 3.8) is 0 Å². The Hall–Kier alpha value is -2.82. The van der Waals surface area contributed by atoms with Crippen LogP contribution in [0.25, 0.3) is 0 Å². The highest BCUT2D eigenvalue weighted by atomic mass is 16.2. The molecular weight excluding hydrogens is 290 g/mol. The first-order valence-electron chi connectivity index (χ1n) is 7.63. The Bertz CT molecular complexity index is 715. The molecule has 2 aromatic carbocycles. The first-order valence-corrected chi connectivity index (χ1v) is 7.63. The summed E-state index contributed by atoms with van der Waals surface area (Å²) in [5.41, 5.74) is 2.64. The Balaban J connectivity index is 1.71. The molecule has 1 heterocycles. The molecule has 23 heavy (non-hydrogen) atoms. The first-order chi connectivity index (χ1) is 11.1. The first kappa shape index (κ1) is 15.1. The van der Waals surface area contributed by atoms with Gasteiger partial charge in [-0.3, -0.25) is 4.79 Å². The summed E-state index contributed by atoms with van der Waals surface area (Å²) in [5, 5.41) is 5.72. The van der Waals surface area contributed by atoms with Gasteiger partial charge in [0, 0.05) is 18.4 Å². The second kappa shape index (κ2) is 6.52. The molecule has 0 aliphatic carbocycles. The lowest BCUT2D eigenvalue weighted by Crippen LogP contribution is -2.46. The number of likely N-dealkylation sites (N-methyl/N-ethyl adjacent to an activating group) is 1. The maximum Gasteiger partial charge on any atom is 0.322 e. The van der Waals surface area contributed by atoms with E-state index in [-0.39, 0.29) is 11.9 Å². The van der Waals surface area contributed by atoms with E-state index in [1.165, 1.54) is 4.90 Å². The van der Waals surface area contributed by atoms with Gasteiger partial charge in [-0.15, -0.1) is 0 Å². The molecule has 1 aliphatic heterocycles. The summed E-state index contributed by atoms with van der Waals surface area (Å²) in [4.78, 5) is 26.3. The SMILES string of the molecule is CN(C(=O)Nc1ccccc1)[C@H]1CCc2ccccc2NC1=O. The number of carbonyl (C=O) groups excluding carboxylic acids is 2. The van der Waals surface area contributed by atoms with Crippen LogP contribution in [-0.2, 0) is 11.2 Å². The molecule has 3 rings (SSSR count). The molecule has 0 unspecified atom stereocenters. The van der Waals surface area contributed by atoms with Crippen molar-refractivity contribution in [2.45, 2.75) is 18.9 Å². The number of anilines is 2. The van der Waals surface area contributed by atoms with Gasteiger partial charge in [0.1, 0.15) is 6.04 Å². The second-order valence-electron chi connectivity index (χ2n) is 5.61. The normalized spacial score (nSPS) is 16.7. The van der Waals surface area contributed by atoms with E-state index in [9.17, 15) is 9.59 Å². The Morgan fingerprint density at radius 1 is 1.13 bits per heavy atom. The number of benzene rings is 2. The average molecular weight is 309 g/mol. The summed E-state index contributed by atoms with van der Waals surface area (Å²) >= 11 is 0. The van der Waals surface area contributed by atoms with Crippen LogP contribution in [0.1, 0.15) is 12.0 Å². The molecule has 0 saturated carbocycles. The van der Waals surface area contributed by atoms with Crippen LogP contribution in [0.5, 0.6) is 0 Å². The molecule has 5 nitrogen and oxygen atoms in total. The van der Waals surface area contributed by atoms with Crippen LogP contribution in [0.4, 0.5) is 16.2 Å². The topological polar surface area (TPSA) is 61.4 Å². The van der Waals surface area contributed by atoms with Crippen molar-refractivity contribution in [3.05, 3.63) is 60.2 Å². The quantitative estimate of drug-likeness (QED) is 0.895. The van der Waals surface area contributed by atoms with Crippen molar-refractivity contribution in [1.82, 2.24) is 4.90 Å². The number of para-hydroxylation sites is 2. The zero-order chi connectivity index (χ0) is 16.2. The van der Waals surface area contributed by atoms with Gasteiger partial charge in [-0.1, -0.05) is 36.4 Å². The number of hydrogen-bond acceptors (Lipinski definition) is 2. The van der Waals surface area contributed by atoms with Crippen molar-refractivity contribution in [1.29, 1.82) is 0 Å². The minimum atomic E-state index is -0.494. The van der Waals surface area contributed by atoms with Crippen molar-refractivity contribution in [3.8, 4) is 0 Å². The summed E-state index contributed by atoms with van der Waals surface area (Å²) in [5.74, 6) is -0.152. The Morgan fingerprint density at radius 2 is 1.83 bits per heavy atom. The van der Waals surface area contributed by atoms with Gasteiger partial charge < -0.3 is 15.5 Å². The Kier molecular flexibility index (Phi) is 4.28. The summed E-state index contributed by atoms with van der Waals surface area (Å²) in [6, 6.07) is 16.2. The molecule has 118 valence electrons. The number of carbonyl (C=O) groups is 2. The zero-order valence-electron chi connectivity index (χ0n) is 13.0. The second-order valence-corrected chi connectivity index (χ2v) is 5.61. The summed E-state index contributed by atoms with van der Waals surface area (Å²) in [6.07, 6.45) is 1.35. The summed E-state index contributed by atoms with van der Waals surface area (Å²) < 4.78 is 0. The van der Waals surface area contributed by atoms with Gasteiger partial charge in [-0.05, 0) is 36.6 Å². The molecule has 0 aromatic heterocycles. The lowest BCUT2D eigenvalue weighted by molar-refractivity contribution is -0.120. The Morgan fingerprint density at radius 3 is 2.61 bits per heavy atom. The predicted octanol–water partition coefficient (Wildman–Crippen LogP) is 3.10. The fourth-order valence-corrected chi connectivity index (χ4v) is 2.74. The minimum absolute atomic E-state index is 0.152. The number of nitrogens with one attached hydrogen (secondary N) is 2. The highest BCUT2D eigenvalue weighted by molar-refractivity contribution is 6.00. The molecule has 0 radical (unpaired) electrons. The van der Waals surface area contributed by atoms with E-state index in [2.05, 4.69) is 10.6 Å². The third kappa shape index (κ3) is 3.34. The number of nitrogens with zero attached hydrogens (tertiary/aromatic N) is 1. The molecule has 0 bridgehead atoms. The van der Waals surface area contributed by atoms with E-state index >= 15 is 0 Å². The Labute approximate surface area is 135 Å². The van der Waals surface area contributed by atoms with E-state index in [0.29, 0.717) is 12.1 Å². The van der Waals surface area contributed by atoms with Crippen molar-refractivity contribution < 1.29 is 9.59 Å². The van der Waals surface area contributed by atoms with Crippen molar-refractivity contribution >= 4 is 23.3 Å². The standard InChI is InChI=1S/C18H19N3O2/c1-21(18(23)19-14-8-3-2-4-9-14)16-12-11-13-7-5-6-10-15(13)20-17(16)22/h2-10,16H,11-12H2,1H3,(H,19,23)(H,20,22)/t16-/m0/s1. The van der Waals surface area contributed by atoms with Gasteiger partial charge in [-0.2, -0.15) is 0 Å². The molecule has 1 aliphatic rings. The maximum atomic E-state index is 12.4. The van der Waals surface area contributed by atoms with Crippen LogP contribution in [0, 0.1) is 0 Å². The zero-order valence-corrected chi connectivity index (χ0v) is 13.0. The van der Waals surface area contributed by atoms with Crippen LogP contribution < -0.4 is 10.6 Å². The van der Waals surface area contributed by atoms with Gasteiger partial charge in [0.15, 0.2) is 0 Å². The van der Waals surface area contributed by atoms with Crippen LogP contribution in [0.15, 0.2) is 54.6 Å². The number of aryl methyl sites for hydroxylation is 1. The minimum Gasteiger partial charge on any atom is -0.324 e. The fourth-order valence-electron chi connectivity index (χ4n) is 2.74. The molecule has 2 N–H and O–H groups in total. The molecule has 1 atom stereocenters. The molecule has 0 saturated heterocycles. The molecule has 0 fully saturated rings. The lowest BCUT2D eigenvalue weighted by Gasteiger charge is -2.26. The van der Waals surface area contributed by atoms with E-state index in [1.807, 2.05) is 54.6 Å². The number of rotatable bonds is 2. The monoisotopic (exact) mass is 309 g/mol. The van der Waals surface area contributed by atoms with E-state index in [0.717, 1.165) is 17.7 Å². The smallest absolute Gasteiger partial charge is 0.322 e. The number of hydrogen-bond donors (Lipinski definition) is 2. The van der Waals surface area contributed by atoms with Crippen molar-refractivity contribution in [2.75, 3.05) is 17.7 Å². The molecule has 3 amide bonds. The summed E-state index contributed by atoms with van der Waals surface area (Å²) in [6.45, 7) is 0. The van der Waals surface area contributed by atoms with Gasteiger partial charge in [0.2, 0.25) is 5.91 Å². The number of urea groups is 1. The number of amides is 3. The highest BCUT2D eigenvalue weighted by Crippen LogP contribution is 2.23. The largest absolute Gasteiger partial charge is 0.324 e. The lowest BCUT2D eigenvalue weighted by atomic mass is 10.1. The van der Waals surface area contributed by atoms with E-state index in [4.69, 9.17) is 0 Å². The molecule has 2 aromatic rings. The third-order valence-corrected chi connectivity index (χ3v) is 4.08. The van der Waals surface area contributed by atoms with Crippen molar-refractivity contribution in [2.24, 2.45) is 0 Å². The van der Waals surface area contributed by atoms with Crippen LogP contribution in [-0.4, -0.2) is 29.9 Å². The van der Waals surface area contributed by atoms with Gasteiger partial charge in [0.05, 0.1) is 0 Å². The van der Waals surface area contributed by atoms with Gasteiger partial charge in [0.25, 0.3) is 0 Å². The van der Waals surface area contributed by atoms with Gasteiger partial charge in [-0.25, -0.2) is 4.79 Å². The van der Waals surface area contributed by atoms with E-state index in [1.54, 1.807) is 7.05 Å². The van der Waals surface area contributed by atoms with Crippen LogP contribution in [0.3, 0.4) is 0 Å². The average Bonchev–Trinajstić information content (AvgIpc) is 2.73. The van der Waals surface area contributed by atoms with Gasteiger partial charge >= 0.3 is 6.03 Å². The van der Waals surface area contributed by atoms with E-state index < -0.39 is 6.04 Å². The fraction of sp³-hybridized carbons (Fsp3) is 0.222.